The van der Waals surface area contributed by atoms with Gasteiger partial charge in [-0.3, -0.25) is 9.36 Å². The van der Waals surface area contributed by atoms with Crippen molar-refractivity contribution in [1.82, 2.24) is 20.1 Å². The van der Waals surface area contributed by atoms with Gasteiger partial charge in [-0.25, -0.2) is 9.89 Å². The average molecular weight is 321 g/mol. The summed E-state index contributed by atoms with van der Waals surface area (Å²) >= 11 is 6.09. The van der Waals surface area contributed by atoms with E-state index in [1.54, 1.807) is 6.07 Å². The van der Waals surface area contributed by atoms with Crippen molar-refractivity contribution in [3.8, 4) is 0 Å². The number of fused-ring (bicyclic) bond motifs is 1. The predicted molar refractivity (Wildman–Crippen MR) is 82.7 cm³/mol. The van der Waals surface area contributed by atoms with Crippen LogP contribution >= 0.6 is 11.6 Å². The van der Waals surface area contributed by atoms with Gasteiger partial charge in [0.25, 0.3) is 0 Å². The van der Waals surface area contributed by atoms with E-state index in [1.807, 2.05) is 18.2 Å². The Morgan fingerprint density at radius 2 is 2.23 bits per heavy atom. The second-order valence-corrected chi connectivity index (χ2v) is 5.79. The van der Waals surface area contributed by atoms with E-state index in [-0.39, 0.29) is 11.6 Å². The lowest BCUT2D eigenvalue weighted by atomic mass is 10.1. The molecule has 0 saturated carbocycles. The van der Waals surface area contributed by atoms with E-state index in [1.165, 1.54) is 4.57 Å². The third-order valence-electron chi connectivity index (χ3n) is 3.93. The number of hydrogen-bond donors (Lipinski definition) is 2. The molecule has 0 aliphatic carbocycles. The molecule has 6 nitrogen and oxygen atoms in total. The van der Waals surface area contributed by atoms with E-state index in [9.17, 15) is 9.59 Å². The SMILES string of the molecule is O=C(NCc1ccccc1Cl)C1CCCCc2n[nH]c(=O)n21. The lowest BCUT2D eigenvalue weighted by Crippen LogP contribution is -2.36. The number of halogens is 1. The van der Waals surface area contributed by atoms with Gasteiger partial charge in [-0.2, -0.15) is 5.10 Å². The van der Waals surface area contributed by atoms with Gasteiger partial charge in [0.05, 0.1) is 0 Å². The summed E-state index contributed by atoms with van der Waals surface area (Å²) in [5, 5.41) is 9.92. The normalized spacial score (nSPS) is 17.6. The highest BCUT2D eigenvalue weighted by molar-refractivity contribution is 6.31. The molecule has 0 saturated heterocycles. The Kier molecular flexibility index (Phi) is 4.29. The number of aryl methyl sites for hydroxylation is 1. The van der Waals surface area contributed by atoms with E-state index >= 15 is 0 Å². The van der Waals surface area contributed by atoms with E-state index in [0.717, 1.165) is 18.4 Å². The zero-order valence-electron chi connectivity index (χ0n) is 12.0. The summed E-state index contributed by atoms with van der Waals surface area (Å²) in [5.74, 6) is 0.479. The fraction of sp³-hybridized carbons (Fsp3) is 0.400. The molecular weight excluding hydrogens is 304 g/mol. The molecule has 3 rings (SSSR count). The Morgan fingerprint density at radius 3 is 3.05 bits per heavy atom. The maximum Gasteiger partial charge on any atom is 0.344 e. The fourth-order valence-electron chi connectivity index (χ4n) is 2.78. The minimum atomic E-state index is -0.508. The molecule has 7 heteroatoms. The quantitative estimate of drug-likeness (QED) is 0.905. The minimum Gasteiger partial charge on any atom is -0.350 e. The van der Waals surface area contributed by atoms with Crippen molar-refractivity contribution in [2.24, 2.45) is 0 Å². The monoisotopic (exact) mass is 320 g/mol. The Hall–Kier alpha value is -2.08. The Balaban J connectivity index is 1.76. The van der Waals surface area contributed by atoms with Crippen molar-refractivity contribution in [3.63, 3.8) is 0 Å². The molecule has 116 valence electrons. The summed E-state index contributed by atoms with van der Waals surface area (Å²) < 4.78 is 1.48. The second kappa shape index (κ2) is 6.36. The van der Waals surface area contributed by atoms with Crippen molar-refractivity contribution in [3.05, 3.63) is 51.2 Å². The van der Waals surface area contributed by atoms with Crippen LogP contribution in [0, 0.1) is 0 Å². The maximum absolute atomic E-state index is 12.5. The smallest absolute Gasteiger partial charge is 0.344 e. The Bertz CT molecular complexity index is 737. The minimum absolute atomic E-state index is 0.174. The molecule has 0 radical (unpaired) electrons. The van der Waals surface area contributed by atoms with Gasteiger partial charge in [0.15, 0.2) is 0 Å². The van der Waals surface area contributed by atoms with Crippen LogP contribution in [0.25, 0.3) is 0 Å². The number of nitrogens with zero attached hydrogens (tertiary/aromatic N) is 2. The summed E-state index contributed by atoms with van der Waals surface area (Å²) in [6.45, 7) is 0.344. The zero-order valence-corrected chi connectivity index (χ0v) is 12.8. The molecule has 0 bridgehead atoms. The lowest BCUT2D eigenvalue weighted by molar-refractivity contribution is -0.124. The van der Waals surface area contributed by atoms with Gasteiger partial charge < -0.3 is 5.32 Å². The number of rotatable bonds is 3. The average Bonchev–Trinajstić information content (AvgIpc) is 2.75. The standard InChI is InChI=1S/C15H17ClN4O2/c16-11-6-2-1-5-10(11)9-17-14(21)12-7-3-4-8-13-18-19-15(22)20(12)13/h1-2,5-6,12H,3-4,7-9H2,(H,17,21)(H,19,22). The summed E-state index contributed by atoms with van der Waals surface area (Å²) in [4.78, 5) is 24.4. The van der Waals surface area contributed by atoms with Crippen LogP contribution < -0.4 is 11.0 Å². The second-order valence-electron chi connectivity index (χ2n) is 5.39. The van der Waals surface area contributed by atoms with Crippen LogP contribution in [0.5, 0.6) is 0 Å². The lowest BCUT2D eigenvalue weighted by Gasteiger charge is -2.16. The molecule has 1 aliphatic heterocycles. The van der Waals surface area contributed by atoms with Crippen LogP contribution in [-0.2, 0) is 17.8 Å². The van der Waals surface area contributed by atoms with Crippen molar-refractivity contribution in [2.75, 3.05) is 0 Å². The van der Waals surface area contributed by atoms with Crippen LogP contribution in [-0.4, -0.2) is 20.7 Å². The number of carbonyl (C=O) groups is 1. The molecule has 1 unspecified atom stereocenters. The summed E-state index contributed by atoms with van der Waals surface area (Å²) in [5.41, 5.74) is 0.528. The number of hydrogen-bond acceptors (Lipinski definition) is 3. The van der Waals surface area contributed by atoms with Crippen molar-refractivity contribution in [2.45, 2.75) is 38.3 Å². The number of nitrogens with one attached hydrogen (secondary N) is 2. The van der Waals surface area contributed by atoms with Crippen molar-refractivity contribution < 1.29 is 4.79 Å². The number of H-pyrrole nitrogens is 1. The molecule has 1 aromatic carbocycles. The largest absolute Gasteiger partial charge is 0.350 e. The predicted octanol–water partition coefficient (Wildman–Crippen LogP) is 1.81. The highest BCUT2D eigenvalue weighted by atomic mass is 35.5. The maximum atomic E-state index is 12.5. The highest BCUT2D eigenvalue weighted by Crippen LogP contribution is 2.21. The van der Waals surface area contributed by atoms with Crippen LogP contribution in [0.1, 0.15) is 36.7 Å². The van der Waals surface area contributed by atoms with Gasteiger partial charge in [0.1, 0.15) is 11.9 Å². The van der Waals surface area contributed by atoms with Crippen LogP contribution in [0.2, 0.25) is 5.02 Å². The first kappa shape index (κ1) is 14.8. The summed E-state index contributed by atoms with van der Waals surface area (Å²) in [6.07, 6.45) is 3.18. The van der Waals surface area contributed by atoms with Crippen molar-refractivity contribution >= 4 is 17.5 Å². The molecule has 2 heterocycles. The third kappa shape index (κ3) is 2.92. The van der Waals surface area contributed by atoms with Gasteiger partial charge in [0, 0.05) is 18.0 Å². The van der Waals surface area contributed by atoms with E-state index in [4.69, 9.17) is 11.6 Å². The summed E-state index contributed by atoms with van der Waals surface area (Å²) in [6, 6.07) is 6.86. The molecule has 2 N–H and O–H groups in total. The van der Waals surface area contributed by atoms with Crippen LogP contribution in [0.15, 0.2) is 29.1 Å². The number of aromatic amines is 1. The zero-order chi connectivity index (χ0) is 15.5. The molecule has 22 heavy (non-hydrogen) atoms. The molecule has 1 atom stereocenters. The van der Waals surface area contributed by atoms with Crippen LogP contribution in [0.4, 0.5) is 0 Å². The Labute approximate surface area is 132 Å². The molecule has 2 aromatic rings. The van der Waals surface area contributed by atoms with E-state index in [0.29, 0.717) is 30.2 Å². The van der Waals surface area contributed by atoms with Gasteiger partial charge in [0.2, 0.25) is 5.91 Å². The topological polar surface area (TPSA) is 79.8 Å². The molecule has 0 fully saturated rings. The molecule has 0 spiro atoms. The fourth-order valence-corrected chi connectivity index (χ4v) is 2.98. The van der Waals surface area contributed by atoms with Gasteiger partial charge in [-0.15, -0.1) is 0 Å². The first-order valence-electron chi connectivity index (χ1n) is 7.33. The van der Waals surface area contributed by atoms with Gasteiger partial charge in [-0.1, -0.05) is 36.2 Å². The van der Waals surface area contributed by atoms with Gasteiger partial charge >= 0.3 is 5.69 Å². The van der Waals surface area contributed by atoms with Crippen molar-refractivity contribution in [1.29, 1.82) is 0 Å². The number of amides is 1. The van der Waals surface area contributed by atoms with E-state index in [2.05, 4.69) is 15.5 Å². The first-order chi connectivity index (χ1) is 10.7. The van der Waals surface area contributed by atoms with Crippen LogP contribution in [0.3, 0.4) is 0 Å². The number of carbonyl (C=O) groups excluding carboxylic acids is 1. The molecule has 1 aromatic heterocycles. The third-order valence-corrected chi connectivity index (χ3v) is 4.30. The number of benzene rings is 1. The highest BCUT2D eigenvalue weighted by Gasteiger charge is 2.27. The first-order valence-corrected chi connectivity index (χ1v) is 7.71. The number of aromatic nitrogens is 3. The van der Waals surface area contributed by atoms with Gasteiger partial charge in [-0.05, 0) is 24.5 Å². The molecule has 1 amide bonds. The Morgan fingerprint density at radius 1 is 1.41 bits per heavy atom. The summed E-state index contributed by atoms with van der Waals surface area (Å²) in [7, 11) is 0. The molecule has 1 aliphatic rings. The van der Waals surface area contributed by atoms with E-state index < -0.39 is 6.04 Å². The molecular formula is C15H17ClN4O2.